The van der Waals surface area contributed by atoms with Gasteiger partial charge in [-0.1, -0.05) is 29.3 Å². The molecule has 1 fully saturated rings. The normalized spacial score (nSPS) is 17.0. The van der Waals surface area contributed by atoms with Crippen LogP contribution in [0.15, 0.2) is 40.1 Å². The van der Waals surface area contributed by atoms with Crippen molar-refractivity contribution in [2.24, 2.45) is 14.1 Å². The van der Waals surface area contributed by atoms with Crippen molar-refractivity contribution < 1.29 is 4.79 Å². The van der Waals surface area contributed by atoms with E-state index < -0.39 is 11.2 Å². The molecule has 2 heterocycles. The first-order chi connectivity index (χ1) is 12.8. The maximum absolute atomic E-state index is 12.7. The van der Waals surface area contributed by atoms with Crippen LogP contribution in [-0.2, 0) is 18.9 Å². The van der Waals surface area contributed by atoms with Crippen LogP contribution in [0.25, 0.3) is 6.08 Å². The fourth-order valence-corrected chi connectivity index (χ4v) is 3.61. The summed E-state index contributed by atoms with van der Waals surface area (Å²) in [6.45, 7) is 0.624. The molecule has 1 aromatic heterocycles. The van der Waals surface area contributed by atoms with Crippen LogP contribution in [0, 0.1) is 0 Å². The van der Waals surface area contributed by atoms with Crippen LogP contribution in [0.5, 0.6) is 0 Å². The van der Waals surface area contributed by atoms with E-state index in [2.05, 4.69) is 0 Å². The van der Waals surface area contributed by atoms with Gasteiger partial charge >= 0.3 is 5.69 Å². The molecule has 0 radical (unpaired) electrons. The van der Waals surface area contributed by atoms with Crippen LogP contribution in [0.1, 0.15) is 30.0 Å². The van der Waals surface area contributed by atoms with Crippen LogP contribution in [-0.4, -0.2) is 26.5 Å². The molecule has 3 rings (SSSR count). The van der Waals surface area contributed by atoms with Gasteiger partial charge in [0.25, 0.3) is 5.56 Å². The van der Waals surface area contributed by atoms with Crippen molar-refractivity contribution in [1.29, 1.82) is 0 Å². The first-order valence-corrected chi connectivity index (χ1v) is 9.25. The average molecular weight is 408 g/mol. The number of hydrogen-bond donors (Lipinski definition) is 0. The third-order valence-electron chi connectivity index (χ3n) is 4.74. The molecule has 0 aliphatic carbocycles. The zero-order chi connectivity index (χ0) is 19.7. The summed E-state index contributed by atoms with van der Waals surface area (Å²) in [5, 5.41) is 0.930. The summed E-state index contributed by atoms with van der Waals surface area (Å²) in [7, 11) is 2.96. The molecule has 2 aromatic rings. The number of rotatable bonds is 3. The summed E-state index contributed by atoms with van der Waals surface area (Å²) in [5.41, 5.74) is 0.354. The van der Waals surface area contributed by atoms with Crippen molar-refractivity contribution in [3.63, 3.8) is 0 Å². The second-order valence-electron chi connectivity index (χ2n) is 6.54. The number of carbonyl (C=O) groups is 1. The molecule has 1 aliphatic rings. The number of aryl methyl sites for hydroxylation is 1. The van der Waals surface area contributed by atoms with Gasteiger partial charge in [0.15, 0.2) is 0 Å². The molecule has 1 amide bonds. The first-order valence-electron chi connectivity index (χ1n) is 8.50. The molecule has 0 spiro atoms. The van der Waals surface area contributed by atoms with Crippen LogP contribution >= 0.6 is 23.2 Å². The Kier molecular flexibility index (Phi) is 5.58. The molecule has 1 aliphatic heterocycles. The van der Waals surface area contributed by atoms with Gasteiger partial charge in [-0.2, -0.15) is 0 Å². The molecule has 0 saturated carbocycles. The van der Waals surface area contributed by atoms with Crippen molar-refractivity contribution in [3.05, 3.63) is 72.5 Å². The molecule has 1 atom stereocenters. The predicted octanol–water partition coefficient (Wildman–Crippen LogP) is 2.77. The number of benzene rings is 1. The van der Waals surface area contributed by atoms with E-state index in [-0.39, 0.29) is 17.5 Å². The average Bonchev–Trinajstić information content (AvgIpc) is 3.13. The second-order valence-corrected chi connectivity index (χ2v) is 7.35. The van der Waals surface area contributed by atoms with Gasteiger partial charge in [-0.15, -0.1) is 0 Å². The molecular weight excluding hydrogens is 389 g/mol. The quantitative estimate of drug-likeness (QED) is 0.734. The summed E-state index contributed by atoms with van der Waals surface area (Å²) in [5.74, 6) is -0.195. The molecule has 1 aromatic carbocycles. The maximum Gasteiger partial charge on any atom is 0.330 e. The van der Waals surface area contributed by atoms with Crippen LogP contribution in [0.3, 0.4) is 0 Å². The summed E-state index contributed by atoms with van der Waals surface area (Å²) in [6.07, 6.45) is 5.96. The van der Waals surface area contributed by atoms with Crippen molar-refractivity contribution in [2.75, 3.05) is 6.54 Å². The number of halogens is 2. The van der Waals surface area contributed by atoms with Gasteiger partial charge in [-0.05, 0) is 36.6 Å². The van der Waals surface area contributed by atoms with Crippen molar-refractivity contribution >= 4 is 35.2 Å². The molecule has 8 heteroatoms. The van der Waals surface area contributed by atoms with E-state index in [1.165, 1.54) is 30.0 Å². The highest BCUT2D eigenvalue weighted by Crippen LogP contribution is 2.35. The van der Waals surface area contributed by atoms with Crippen LogP contribution in [0.4, 0.5) is 0 Å². The van der Waals surface area contributed by atoms with E-state index in [1.807, 2.05) is 6.07 Å². The smallest absolute Gasteiger partial charge is 0.330 e. The van der Waals surface area contributed by atoms with E-state index in [0.29, 0.717) is 16.6 Å². The zero-order valence-corrected chi connectivity index (χ0v) is 16.5. The number of carbonyl (C=O) groups excluding carboxylic acids is 1. The first kappa shape index (κ1) is 19.5. The fraction of sp³-hybridized carbons (Fsp3) is 0.316. The van der Waals surface area contributed by atoms with Gasteiger partial charge < -0.3 is 9.47 Å². The Bertz CT molecular complexity index is 1040. The van der Waals surface area contributed by atoms with E-state index in [4.69, 9.17) is 23.2 Å². The zero-order valence-electron chi connectivity index (χ0n) is 15.0. The highest BCUT2D eigenvalue weighted by molar-refractivity contribution is 6.42. The molecule has 0 unspecified atom stereocenters. The Morgan fingerprint density at radius 1 is 1.19 bits per heavy atom. The Labute approximate surface area is 166 Å². The molecule has 27 heavy (non-hydrogen) atoms. The minimum absolute atomic E-state index is 0.0834. The Balaban J connectivity index is 1.85. The van der Waals surface area contributed by atoms with Gasteiger partial charge in [0.1, 0.15) is 0 Å². The minimum atomic E-state index is -0.440. The van der Waals surface area contributed by atoms with Gasteiger partial charge in [-0.3, -0.25) is 14.2 Å². The summed E-state index contributed by atoms with van der Waals surface area (Å²) < 4.78 is 2.32. The highest BCUT2D eigenvalue weighted by atomic mass is 35.5. The fourth-order valence-electron chi connectivity index (χ4n) is 3.30. The lowest BCUT2D eigenvalue weighted by Gasteiger charge is -2.24. The van der Waals surface area contributed by atoms with E-state index >= 15 is 0 Å². The number of amides is 1. The lowest BCUT2D eigenvalue weighted by atomic mass is 10.0. The number of likely N-dealkylation sites (tertiary alicyclic amines) is 1. The standard InChI is InChI=1S/C19H19Cl2N3O3/c1-22-11-13(18(26)23(2)19(22)27)6-8-17(25)24-9-3-4-16(24)12-5-7-14(20)15(21)10-12/h5-8,10-11,16H,3-4,9H2,1-2H3/b8-6-/t16-/m1/s1. The minimum Gasteiger partial charge on any atom is -0.332 e. The number of aromatic nitrogens is 2. The van der Waals surface area contributed by atoms with E-state index in [0.717, 1.165) is 23.0 Å². The van der Waals surface area contributed by atoms with Crippen LogP contribution < -0.4 is 11.2 Å². The maximum atomic E-state index is 12.7. The van der Waals surface area contributed by atoms with Gasteiger partial charge in [0.05, 0.1) is 21.7 Å². The summed E-state index contributed by atoms with van der Waals surface area (Å²) in [4.78, 5) is 38.4. The number of hydrogen-bond acceptors (Lipinski definition) is 3. The van der Waals surface area contributed by atoms with E-state index in [1.54, 1.807) is 24.1 Å². The molecular formula is C19H19Cl2N3O3. The Hall–Kier alpha value is -2.31. The Morgan fingerprint density at radius 2 is 1.93 bits per heavy atom. The van der Waals surface area contributed by atoms with Gasteiger partial charge in [0, 0.05) is 32.9 Å². The van der Waals surface area contributed by atoms with Crippen molar-refractivity contribution in [3.8, 4) is 0 Å². The SMILES string of the molecule is Cn1cc(/C=C\C(=O)N2CCC[C@@H]2c2ccc(Cl)c(Cl)c2)c(=O)n(C)c1=O. The van der Waals surface area contributed by atoms with Crippen molar-refractivity contribution in [2.45, 2.75) is 18.9 Å². The summed E-state index contributed by atoms with van der Waals surface area (Å²) in [6, 6.07) is 5.30. The predicted molar refractivity (Wildman–Crippen MR) is 106 cm³/mol. The molecule has 1 saturated heterocycles. The largest absolute Gasteiger partial charge is 0.332 e. The lowest BCUT2D eigenvalue weighted by Crippen LogP contribution is -2.37. The molecule has 0 N–H and O–H groups in total. The lowest BCUT2D eigenvalue weighted by molar-refractivity contribution is -0.126. The molecule has 0 bridgehead atoms. The Morgan fingerprint density at radius 3 is 2.63 bits per heavy atom. The van der Waals surface area contributed by atoms with Gasteiger partial charge in [0.2, 0.25) is 5.91 Å². The monoisotopic (exact) mass is 407 g/mol. The highest BCUT2D eigenvalue weighted by Gasteiger charge is 2.29. The molecule has 142 valence electrons. The summed E-state index contributed by atoms with van der Waals surface area (Å²) >= 11 is 12.1. The third kappa shape index (κ3) is 3.87. The van der Waals surface area contributed by atoms with Crippen molar-refractivity contribution in [1.82, 2.24) is 14.0 Å². The van der Waals surface area contributed by atoms with Crippen LogP contribution in [0.2, 0.25) is 10.0 Å². The van der Waals surface area contributed by atoms with Gasteiger partial charge in [-0.25, -0.2) is 4.79 Å². The molecule has 6 nitrogen and oxygen atoms in total. The third-order valence-corrected chi connectivity index (χ3v) is 5.48. The van der Waals surface area contributed by atoms with E-state index in [9.17, 15) is 14.4 Å². The second kappa shape index (κ2) is 7.74. The number of nitrogens with zero attached hydrogens (tertiary/aromatic N) is 3. The topological polar surface area (TPSA) is 64.3 Å².